The first-order valence-corrected chi connectivity index (χ1v) is 12.3. The molecular weight excluding hydrogens is 490 g/mol. The maximum Gasteiger partial charge on any atom is 0.266 e. The zero-order valence-electron chi connectivity index (χ0n) is 19.9. The lowest BCUT2D eigenvalue weighted by Gasteiger charge is -2.30. The van der Waals surface area contributed by atoms with Gasteiger partial charge in [-0.3, -0.25) is 14.2 Å². The van der Waals surface area contributed by atoms with Crippen molar-refractivity contribution in [2.24, 2.45) is 0 Å². The van der Waals surface area contributed by atoms with Gasteiger partial charge in [0.1, 0.15) is 5.82 Å². The average molecular weight is 518 g/mol. The van der Waals surface area contributed by atoms with Crippen molar-refractivity contribution in [3.8, 4) is 5.69 Å². The molecule has 5 nitrogen and oxygen atoms in total. The fourth-order valence-corrected chi connectivity index (χ4v) is 4.42. The number of hydrogen-bond donors (Lipinski definition) is 0. The van der Waals surface area contributed by atoms with Crippen LogP contribution in [0, 0.1) is 13.8 Å². The number of nitrogens with zero attached hydrogens (tertiary/aromatic N) is 3. The van der Waals surface area contributed by atoms with Crippen LogP contribution in [0.25, 0.3) is 16.6 Å². The standard InChI is InChI=1S/C28H28BrN3O2/c1-5-16-31(27(33)21-11-13-22(29)14-12-21)20(4)26-30-25-9-7-6-8-24(25)28(34)32(26)23-15-10-18(2)19(3)17-23/h6-15,17,20H,5,16H2,1-4H3. The van der Waals surface area contributed by atoms with E-state index in [0.29, 0.717) is 28.8 Å². The molecule has 4 rings (SSSR count). The molecule has 3 aromatic carbocycles. The van der Waals surface area contributed by atoms with Crippen LogP contribution in [-0.4, -0.2) is 26.9 Å². The van der Waals surface area contributed by atoms with Crippen molar-refractivity contribution in [1.82, 2.24) is 14.5 Å². The van der Waals surface area contributed by atoms with Crippen LogP contribution in [0.3, 0.4) is 0 Å². The van der Waals surface area contributed by atoms with Gasteiger partial charge >= 0.3 is 0 Å². The minimum absolute atomic E-state index is 0.0871. The third kappa shape index (κ3) is 4.55. The summed E-state index contributed by atoms with van der Waals surface area (Å²) in [5.74, 6) is 0.460. The van der Waals surface area contributed by atoms with Crippen LogP contribution in [0.5, 0.6) is 0 Å². The van der Waals surface area contributed by atoms with Crippen molar-refractivity contribution in [1.29, 1.82) is 0 Å². The maximum absolute atomic E-state index is 13.7. The van der Waals surface area contributed by atoms with Crippen LogP contribution in [0.1, 0.15) is 53.6 Å². The summed E-state index contributed by atoms with van der Waals surface area (Å²) < 4.78 is 2.58. The third-order valence-corrected chi connectivity index (χ3v) is 6.74. The number of amides is 1. The number of carbonyl (C=O) groups is 1. The van der Waals surface area contributed by atoms with Crippen LogP contribution < -0.4 is 5.56 Å². The Kier molecular flexibility index (Phi) is 6.98. The molecule has 0 N–H and O–H groups in total. The second kappa shape index (κ2) is 9.94. The van der Waals surface area contributed by atoms with E-state index in [4.69, 9.17) is 4.98 Å². The Morgan fingerprint density at radius 2 is 1.74 bits per heavy atom. The first-order valence-electron chi connectivity index (χ1n) is 11.5. The summed E-state index contributed by atoms with van der Waals surface area (Å²) in [6.07, 6.45) is 0.786. The molecule has 0 saturated carbocycles. The number of aromatic nitrogens is 2. The molecule has 0 bridgehead atoms. The van der Waals surface area contributed by atoms with E-state index in [0.717, 1.165) is 27.7 Å². The molecule has 1 atom stereocenters. The zero-order chi connectivity index (χ0) is 24.4. The minimum Gasteiger partial charge on any atom is -0.329 e. The number of rotatable bonds is 6. The number of benzene rings is 3. The van der Waals surface area contributed by atoms with Crippen molar-refractivity contribution in [3.05, 3.63) is 104 Å². The van der Waals surface area contributed by atoms with Gasteiger partial charge in [-0.1, -0.05) is 41.1 Å². The summed E-state index contributed by atoms with van der Waals surface area (Å²) in [4.78, 5) is 34.0. The van der Waals surface area contributed by atoms with E-state index in [9.17, 15) is 9.59 Å². The fraction of sp³-hybridized carbons (Fsp3) is 0.250. The summed E-state index contributed by atoms with van der Waals surface area (Å²) in [5.41, 5.74) is 4.08. The normalized spacial score (nSPS) is 12.0. The highest BCUT2D eigenvalue weighted by Crippen LogP contribution is 2.26. The Balaban J connectivity index is 1.91. The summed E-state index contributed by atoms with van der Waals surface area (Å²) in [7, 11) is 0. The largest absolute Gasteiger partial charge is 0.329 e. The van der Waals surface area contributed by atoms with Gasteiger partial charge in [-0.15, -0.1) is 0 Å². The van der Waals surface area contributed by atoms with Gasteiger partial charge in [0.05, 0.1) is 22.6 Å². The lowest BCUT2D eigenvalue weighted by molar-refractivity contribution is 0.0681. The Morgan fingerprint density at radius 1 is 1.03 bits per heavy atom. The maximum atomic E-state index is 13.7. The van der Waals surface area contributed by atoms with E-state index in [1.165, 1.54) is 0 Å². The zero-order valence-corrected chi connectivity index (χ0v) is 21.5. The molecule has 0 aliphatic rings. The summed E-state index contributed by atoms with van der Waals surface area (Å²) in [5, 5.41) is 0.554. The molecule has 0 saturated heterocycles. The van der Waals surface area contributed by atoms with Crippen molar-refractivity contribution in [3.63, 3.8) is 0 Å². The second-order valence-electron chi connectivity index (χ2n) is 8.58. The number of carbonyl (C=O) groups excluding carboxylic acids is 1. The molecule has 0 aliphatic carbocycles. The van der Waals surface area contributed by atoms with Crippen molar-refractivity contribution in [2.75, 3.05) is 6.54 Å². The van der Waals surface area contributed by atoms with E-state index in [1.54, 1.807) is 15.5 Å². The summed E-state index contributed by atoms with van der Waals surface area (Å²) in [6, 6.07) is 20.3. The number of halogens is 1. The molecule has 1 heterocycles. The van der Waals surface area contributed by atoms with E-state index in [-0.39, 0.29) is 11.5 Å². The lowest BCUT2D eigenvalue weighted by atomic mass is 10.1. The third-order valence-electron chi connectivity index (χ3n) is 6.21. The predicted octanol–water partition coefficient (Wildman–Crippen LogP) is 6.38. The molecule has 0 radical (unpaired) electrons. The van der Waals surface area contributed by atoms with E-state index >= 15 is 0 Å². The van der Waals surface area contributed by atoms with Gasteiger partial charge in [-0.2, -0.15) is 0 Å². The van der Waals surface area contributed by atoms with Gasteiger partial charge in [0.2, 0.25) is 0 Å². The SMILES string of the molecule is CCCN(C(=O)c1ccc(Br)cc1)C(C)c1nc2ccccc2c(=O)n1-c1ccc(C)c(C)c1. The molecule has 0 fully saturated rings. The Bertz CT molecular complexity index is 1410. The molecule has 174 valence electrons. The monoisotopic (exact) mass is 517 g/mol. The Hall–Kier alpha value is -3.25. The summed E-state index contributed by atoms with van der Waals surface area (Å²) >= 11 is 3.43. The average Bonchev–Trinajstić information content (AvgIpc) is 2.84. The van der Waals surface area contributed by atoms with Gasteiger partial charge < -0.3 is 4.90 Å². The molecule has 1 amide bonds. The van der Waals surface area contributed by atoms with Crippen LogP contribution in [0.15, 0.2) is 76.0 Å². The summed E-state index contributed by atoms with van der Waals surface area (Å²) in [6.45, 7) is 8.61. The van der Waals surface area contributed by atoms with Crippen molar-refractivity contribution in [2.45, 2.75) is 40.2 Å². The fourth-order valence-electron chi connectivity index (χ4n) is 4.15. The van der Waals surface area contributed by atoms with Crippen LogP contribution in [0.4, 0.5) is 0 Å². The topological polar surface area (TPSA) is 55.2 Å². The van der Waals surface area contributed by atoms with Gasteiger partial charge in [-0.25, -0.2) is 4.98 Å². The molecular formula is C28H28BrN3O2. The van der Waals surface area contributed by atoms with Crippen LogP contribution >= 0.6 is 15.9 Å². The first-order chi connectivity index (χ1) is 16.3. The molecule has 6 heteroatoms. The molecule has 1 unspecified atom stereocenters. The minimum atomic E-state index is -0.421. The van der Waals surface area contributed by atoms with Crippen LogP contribution in [0.2, 0.25) is 0 Å². The highest BCUT2D eigenvalue weighted by molar-refractivity contribution is 9.10. The highest BCUT2D eigenvalue weighted by atomic mass is 79.9. The molecule has 34 heavy (non-hydrogen) atoms. The Labute approximate surface area is 208 Å². The quantitative estimate of drug-likeness (QED) is 0.298. The second-order valence-corrected chi connectivity index (χ2v) is 9.49. The van der Waals surface area contributed by atoms with Gasteiger partial charge in [0, 0.05) is 16.6 Å². The van der Waals surface area contributed by atoms with E-state index in [1.807, 2.05) is 88.4 Å². The Morgan fingerprint density at radius 3 is 2.41 bits per heavy atom. The number of aryl methyl sites for hydroxylation is 2. The molecule has 1 aromatic heterocycles. The molecule has 0 spiro atoms. The molecule has 0 aliphatic heterocycles. The van der Waals surface area contributed by atoms with E-state index < -0.39 is 6.04 Å². The van der Waals surface area contributed by atoms with Gasteiger partial charge in [0.15, 0.2) is 0 Å². The first kappa shape index (κ1) is 23.9. The smallest absolute Gasteiger partial charge is 0.266 e. The number of hydrogen-bond acceptors (Lipinski definition) is 3. The van der Waals surface area contributed by atoms with Crippen molar-refractivity contribution >= 4 is 32.7 Å². The van der Waals surface area contributed by atoms with Crippen LogP contribution in [-0.2, 0) is 0 Å². The van der Waals surface area contributed by atoms with Gasteiger partial charge in [0.25, 0.3) is 11.5 Å². The van der Waals surface area contributed by atoms with Crippen molar-refractivity contribution < 1.29 is 4.79 Å². The lowest BCUT2D eigenvalue weighted by Crippen LogP contribution is -2.38. The van der Waals surface area contributed by atoms with E-state index in [2.05, 4.69) is 15.9 Å². The predicted molar refractivity (Wildman–Crippen MR) is 141 cm³/mol. The number of para-hydroxylation sites is 1. The number of fused-ring (bicyclic) bond motifs is 1. The molecule has 4 aromatic rings. The highest BCUT2D eigenvalue weighted by Gasteiger charge is 2.27. The van der Waals surface area contributed by atoms with Gasteiger partial charge in [-0.05, 0) is 86.8 Å².